The maximum absolute atomic E-state index is 10.1. The first-order valence-corrected chi connectivity index (χ1v) is 3.09. The molecule has 0 saturated heterocycles. The van der Waals surface area contributed by atoms with E-state index in [9.17, 15) is 10.1 Å². The van der Waals surface area contributed by atoms with E-state index < -0.39 is 0 Å². The van der Waals surface area contributed by atoms with Gasteiger partial charge in [-0.3, -0.25) is 0 Å². The molecular formula is C5H11N2O2. The third-order valence-corrected chi connectivity index (χ3v) is 1.04. The zero-order valence-corrected chi connectivity index (χ0v) is 5.54. The van der Waals surface area contributed by atoms with Crippen molar-refractivity contribution in [1.82, 2.24) is 5.17 Å². The number of hydrogen-bond donors (Lipinski definition) is 0. The molecule has 0 bridgehead atoms. The predicted molar refractivity (Wildman–Crippen MR) is 32.7 cm³/mol. The summed E-state index contributed by atoms with van der Waals surface area (Å²) in [6, 6.07) is 0. The molecule has 0 aliphatic heterocycles. The van der Waals surface area contributed by atoms with Crippen LogP contribution in [0.15, 0.2) is 5.29 Å². The van der Waals surface area contributed by atoms with E-state index in [1.165, 1.54) is 0 Å². The molecular weight excluding hydrogens is 120 g/mol. The van der Waals surface area contributed by atoms with Crippen molar-refractivity contribution in [3.05, 3.63) is 4.91 Å². The molecule has 0 aromatic rings. The van der Waals surface area contributed by atoms with Crippen LogP contribution in [-0.2, 0) is 5.21 Å². The molecule has 53 valence electrons. The third-order valence-electron chi connectivity index (χ3n) is 1.04. The van der Waals surface area contributed by atoms with Crippen LogP contribution in [0.2, 0.25) is 0 Å². The third kappa shape index (κ3) is 5.23. The molecule has 0 aromatic heterocycles. The zero-order chi connectivity index (χ0) is 7.11. The van der Waals surface area contributed by atoms with E-state index in [0.717, 1.165) is 19.3 Å². The Morgan fingerprint density at radius 3 is 2.56 bits per heavy atom. The minimum Gasteiger partial charge on any atom is -0.123 e. The van der Waals surface area contributed by atoms with Crippen LogP contribution in [0.4, 0.5) is 0 Å². The van der Waals surface area contributed by atoms with Gasteiger partial charge in [0.25, 0.3) is 0 Å². The van der Waals surface area contributed by atoms with Crippen LogP contribution in [-0.4, -0.2) is 11.7 Å². The highest BCUT2D eigenvalue weighted by molar-refractivity contribution is 4.39. The first-order chi connectivity index (χ1) is 4.31. The Labute approximate surface area is 54.4 Å². The second-order valence-corrected chi connectivity index (χ2v) is 1.86. The largest absolute Gasteiger partial charge is 0.123 e. The summed E-state index contributed by atoms with van der Waals surface area (Å²) in [7, 11) is 0. The lowest BCUT2D eigenvalue weighted by atomic mass is 10.2. The summed E-state index contributed by atoms with van der Waals surface area (Å²) >= 11 is 0. The molecule has 0 spiro atoms. The van der Waals surface area contributed by atoms with Gasteiger partial charge in [-0.05, 0) is 6.42 Å². The molecule has 0 aliphatic carbocycles. The Kier molecular flexibility index (Phi) is 5.11. The molecule has 1 radical (unpaired) electrons. The Bertz CT molecular complexity index is 77.4. The lowest BCUT2D eigenvalue weighted by molar-refractivity contribution is -0.158. The molecule has 0 N–H and O–H groups in total. The number of rotatable bonds is 5. The molecule has 0 aliphatic rings. The fourth-order valence-electron chi connectivity index (χ4n) is 0.538. The van der Waals surface area contributed by atoms with Crippen molar-refractivity contribution in [3.8, 4) is 0 Å². The number of hydroxylamine groups is 1. The van der Waals surface area contributed by atoms with Gasteiger partial charge in [-0.1, -0.05) is 25.0 Å². The summed E-state index contributed by atoms with van der Waals surface area (Å²) in [6.07, 6.45) is 2.78. The van der Waals surface area contributed by atoms with Crippen molar-refractivity contribution in [2.75, 3.05) is 6.54 Å². The normalized spacial score (nSPS) is 9.11. The van der Waals surface area contributed by atoms with Crippen molar-refractivity contribution in [2.24, 2.45) is 5.29 Å². The summed E-state index contributed by atoms with van der Waals surface area (Å²) < 4.78 is 0. The predicted octanol–water partition coefficient (Wildman–Crippen LogP) is 1.51. The number of nitrogens with zero attached hydrogens (tertiary/aromatic N) is 2. The standard InChI is InChI=1S/C5H11N2O2/c1-2-3-4-5-7(9)6-8/h2-5H2,1H3. The molecule has 0 amide bonds. The van der Waals surface area contributed by atoms with Gasteiger partial charge in [0.05, 0.1) is 11.8 Å². The average molecular weight is 131 g/mol. The molecule has 4 heteroatoms. The monoisotopic (exact) mass is 131 g/mol. The van der Waals surface area contributed by atoms with Crippen LogP contribution in [0, 0.1) is 4.91 Å². The zero-order valence-electron chi connectivity index (χ0n) is 5.54. The minimum atomic E-state index is 0.176. The summed E-state index contributed by atoms with van der Waals surface area (Å²) in [5.74, 6) is 0. The van der Waals surface area contributed by atoms with Gasteiger partial charge in [0.1, 0.15) is 0 Å². The van der Waals surface area contributed by atoms with Gasteiger partial charge in [-0.15, -0.1) is 10.1 Å². The van der Waals surface area contributed by atoms with Crippen molar-refractivity contribution in [1.29, 1.82) is 0 Å². The Hall–Kier alpha value is -0.640. The Morgan fingerprint density at radius 1 is 1.44 bits per heavy atom. The molecule has 0 heterocycles. The molecule has 0 atom stereocenters. The molecule has 9 heavy (non-hydrogen) atoms. The summed E-state index contributed by atoms with van der Waals surface area (Å²) in [5, 5.41) is 12.5. The molecule has 0 aromatic carbocycles. The highest BCUT2D eigenvalue weighted by Gasteiger charge is 1.95. The van der Waals surface area contributed by atoms with Crippen molar-refractivity contribution >= 4 is 0 Å². The highest BCUT2D eigenvalue weighted by Crippen LogP contribution is 1.95. The lowest BCUT2D eigenvalue weighted by Gasteiger charge is -2.00. The van der Waals surface area contributed by atoms with E-state index in [2.05, 4.69) is 5.29 Å². The van der Waals surface area contributed by atoms with Crippen molar-refractivity contribution in [2.45, 2.75) is 26.2 Å². The fraction of sp³-hybridized carbons (Fsp3) is 1.00. The van der Waals surface area contributed by atoms with Crippen LogP contribution in [0.1, 0.15) is 26.2 Å². The van der Waals surface area contributed by atoms with E-state index in [-0.39, 0.29) is 11.7 Å². The summed E-state index contributed by atoms with van der Waals surface area (Å²) in [4.78, 5) is 9.46. The van der Waals surface area contributed by atoms with Gasteiger partial charge in [0.15, 0.2) is 0 Å². The van der Waals surface area contributed by atoms with Crippen LogP contribution in [0.5, 0.6) is 0 Å². The smallest absolute Gasteiger partial charge is 0.0815 e. The topological polar surface area (TPSA) is 52.6 Å². The molecule has 4 nitrogen and oxygen atoms in total. The quantitative estimate of drug-likeness (QED) is 0.322. The highest BCUT2D eigenvalue weighted by atomic mass is 16.6. The first-order valence-electron chi connectivity index (χ1n) is 3.09. The second kappa shape index (κ2) is 5.50. The summed E-state index contributed by atoms with van der Waals surface area (Å²) in [5.41, 5.74) is 0. The fourth-order valence-corrected chi connectivity index (χ4v) is 0.538. The SMILES string of the molecule is CCCCCN([O])N=O. The first kappa shape index (κ1) is 8.36. The van der Waals surface area contributed by atoms with Crippen LogP contribution >= 0.6 is 0 Å². The number of unbranched alkanes of at least 4 members (excludes halogenated alkanes) is 2. The average Bonchev–Trinajstić information content (AvgIpc) is 1.89. The van der Waals surface area contributed by atoms with Gasteiger partial charge in [-0.25, -0.2) is 0 Å². The lowest BCUT2D eigenvalue weighted by Crippen LogP contribution is -2.09. The molecule has 0 unspecified atom stereocenters. The van der Waals surface area contributed by atoms with E-state index in [1.54, 1.807) is 0 Å². The van der Waals surface area contributed by atoms with Gasteiger partial charge in [-0.2, -0.15) is 0 Å². The van der Waals surface area contributed by atoms with Crippen molar-refractivity contribution in [3.63, 3.8) is 0 Å². The Morgan fingerprint density at radius 2 is 2.11 bits per heavy atom. The van der Waals surface area contributed by atoms with E-state index in [0.29, 0.717) is 0 Å². The molecule has 0 fully saturated rings. The van der Waals surface area contributed by atoms with Crippen LogP contribution < -0.4 is 0 Å². The van der Waals surface area contributed by atoms with E-state index >= 15 is 0 Å². The molecule has 0 rings (SSSR count). The maximum Gasteiger partial charge on any atom is 0.0815 e. The van der Waals surface area contributed by atoms with Gasteiger partial charge in [0, 0.05) is 0 Å². The van der Waals surface area contributed by atoms with Gasteiger partial charge in [0.2, 0.25) is 0 Å². The van der Waals surface area contributed by atoms with Gasteiger partial charge < -0.3 is 0 Å². The van der Waals surface area contributed by atoms with Crippen molar-refractivity contribution < 1.29 is 5.21 Å². The molecule has 0 saturated carbocycles. The minimum absolute atomic E-state index is 0.176. The van der Waals surface area contributed by atoms with Crippen LogP contribution in [0.3, 0.4) is 0 Å². The Balaban J connectivity index is 2.96. The van der Waals surface area contributed by atoms with E-state index in [4.69, 9.17) is 0 Å². The summed E-state index contributed by atoms with van der Waals surface area (Å²) in [6.45, 7) is 2.26. The maximum atomic E-state index is 10.1. The van der Waals surface area contributed by atoms with Crippen LogP contribution in [0.25, 0.3) is 0 Å². The second-order valence-electron chi connectivity index (χ2n) is 1.86. The van der Waals surface area contributed by atoms with E-state index in [1.807, 2.05) is 6.92 Å². The van der Waals surface area contributed by atoms with Gasteiger partial charge >= 0.3 is 0 Å². The number of hydrogen-bond acceptors (Lipinski definition) is 2. The number of nitroso groups, excluding NO2 is 1.